The SMILES string of the molecule is CCC1CCc2sc(-c3nnc(SCC(=O)NNC(=O)c4cccs4)n3C)cc2C1. The minimum Gasteiger partial charge on any atom is -0.304 e. The second-order valence-corrected chi connectivity index (χ2v) is 10.2. The van der Waals surface area contributed by atoms with E-state index in [0.29, 0.717) is 10.0 Å². The Labute approximate surface area is 187 Å². The number of hydrogen-bond donors (Lipinski definition) is 2. The molecule has 2 N–H and O–H groups in total. The zero-order valence-electron chi connectivity index (χ0n) is 16.8. The molecule has 3 heterocycles. The van der Waals surface area contributed by atoms with E-state index in [4.69, 9.17) is 0 Å². The third-order valence-corrected chi connectivity index (χ3v) is 8.33. The van der Waals surface area contributed by atoms with Gasteiger partial charge in [0, 0.05) is 11.9 Å². The molecule has 0 aliphatic heterocycles. The standard InChI is InChI=1S/C20H23N5O2S3/c1-3-12-6-7-14-13(9-12)10-16(30-14)18-22-24-20(25(18)2)29-11-17(26)21-23-19(27)15-5-4-8-28-15/h4-5,8,10,12H,3,6-7,9,11H2,1-2H3,(H,21,26)(H,23,27). The van der Waals surface area contributed by atoms with Gasteiger partial charge in [0.1, 0.15) is 0 Å². The number of rotatable bonds is 6. The number of carbonyl (C=O) groups excluding carboxylic acids is 2. The average molecular weight is 462 g/mol. The van der Waals surface area contributed by atoms with Crippen molar-refractivity contribution >= 4 is 46.2 Å². The second-order valence-electron chi connectivity index (χ2n) is 7.21. The van der Waals surface area contributed by atoms with Crippen molar-refractivity contribution in [2.45, 2.75) is 37.8 Å². The molecule has 0 spiro atoms. The van der Waals surface area contributed by atoms with Crippen LogP contribution in [0.4, 0.5) is 0 Å². The second kappa shape index (κ2) is 9.32. The van der Waals surface area contributed by atoms with Gasteiger partial charge in [-0.05, 0) is 48.3 Å². The molecule has 1 unspecified atom stereocenters. The number of aromatic nitrogens is 3. The lowest BCUT2D eigenvalue weighted by Gasteiger charge is -2.19. The van der Waals surface area contributed by atoms with Gasteiger partial charge in [-0.15, -0.1) is 32.9 Å². The largest absolute Gasteiger partial charge is 0.304 e. The number of amides is 2. The topological polar surface area (TPSA) is 88.9 Å². The number of nitrogens with one attached hydrogen (secondary N) is 2. The number of thioether (sulfide) groups is 1. The zero-order valence-corrected chi connectivity index (χ0v) is 19.3. The molecule has 4 rings (SSSR count). The van der Waals surface area contributed by atoms with Crippen molar-refractivity contribution in [3.05, 3.63) is 38.9 Å². The molecular formula is C20H23N5O2S3. The molecule has 0 saturated carbocycles. The minimum absolute atomic E-state index is 0.135. The highest BCUT2D eigenvalue weighted by molar-refractivity contribution is 7.99. The molecule has 0 saturated heterocycles. The molecule has 3 aromatic heterocycles. The lowest BCUT2D eigenvalue weighted by Crippen LogP contribution is -2.42. The van der Waals surface area contributed by atoms with Gasteiger partial charge in [0.05, 0.1) is 15.5 Å². The summed E-state index contributed by atoms with van der Waals surface area (Å²) in [6.45, 7) is 2.26. The number of hydrogen-bond acceptors (Lipinski definition) is 7. The fraction of sp³-hybridized carbons (Fsp3) is 0.400. The summed E-state index contributed by atoms with van der Waals surface area (Å²) in [4.78, 5) is 27.1. The van der Waals surface area contributed by atoms with E-state index in [0.717, 1.165) is 29.5 Å². The molecule has 1 aliphatic carbocycles. The molecule has 1 aliphatic rings. The van der Waals surface area contributed by atoms with Crippen LogP contribution in [-0.2, 0) is 24.7 Å². The third-order valence-electron chi connectivity index (χ3n) is 5.21. The fourth-order valence-electron chi connectivity index (χ4n) is 3.47. The van der Waals surface area contributed by atoms with E-state index < -0.39 is 0 Å². The van der Waals surface area contributed by atoms with Crippen LogP contribution in [0.3, 0.4) is 0 Å². The molecule has 0 bridgehead atoms. The summed E-state index contributed by atoms with van der Waals surface area (Å²) in [5, 5.41) is 11.1. The van der Waals surface area contributed by atoms with Crippen molar-refractivity contribution in [2.24, 2.45) is 13.0 Å². The molecule has 158 valence electrons. The molecule has 3 aromatic rings. The first-order chi connectivity index (χ1) is 14.5. The molecule has 30 heavy (non-hydrogen) atoms. The molecule has 10 heteroatoms. The van der Waals surface area contributed by atoms with E-state index in [2.05, 4.69) is 34.0 Å². The van der Waals surface area contributed by atoms with E-state index in [1.165, 1.54) is 46.4 Å². The molecule has 0 fully saturated rings. The number of aryl methyl sites for hydroxylation is 1. The van der Waals surface area contributed by atoms with Gasteiger partial charge in [0.15, 0.2) is 11.0 Å². The Hall–Kier alpha value is -2.17. The molecule has 7 nitrogen and oxygen atoms in total. The Morgan fingerprint density at radius 1 is 1.33 bits per heavy atom. The number of thiophene rings is 2. The Morgan fingerprint density at radius 2 is 2.20 bits per heavy atom. The van der Waals surface area contributed by atoms with Crippen LogP contribution in [0.5, 0.6) is 0 Å². The van der Waals surface area contributed by atoms with Gasteiger partial charge in [-0.3, -0.25) is 20.4 Å². The predicted octanol–water partition coefficient (Wildman–Crippen LogP) is 3.67. The maximum Gasteiger partial charge on any atom is 0.279 e. The number of carbonyl (C=O) groups is 2. The first kappa shape index (κ1) is 21.1. The van der Waals surface area contributed by atoms with Gasteiger partial charge < -0.3 is 4.57 Å². The summed E-state index contributed by atoms with van der Waals surface area (Å²) < 4.78 is 1.93. The molecule has 2 amide bonds. The highest BCUT2D eigenvalue weighted by atomic mass is 32.2. The third kappa shape index (κ3) is 4.60. The lowest BCUT2D eigenvalue weighted by atomic mass is 9.87. The van der Waals surface area contributed by atoms with Crippen LogP contribution in [-0.4, -0.2) is 32.3 Å². The van der Waals surface area contributed by atoms with Gasteiger partial charge >= 0.3 is 0 Å². The summed E-state index contributed by atoms with van der Waals surface area (Å²) in [6, 6.07) is 5.75. The lowest BCUT2D eigenvalue weighted by molar-refractivity contribution is -0.119. The number of fused-ring (bicyclic) bond motifs is 1. The van der Waals surface area contributed by atoms with E-state index in [1.54, 1.807) is 23.5 Å². The van der Waals surface area contributed by atoms with Gasteiger partial charge in [0.2, 0.25) is 5.91 Å². The maximum atomic E-state index is 12.1. The fourth-order valence-corrected chi connectivity index (χ4v) is 6.03. The van der Waals surface area contributed by atoms with E-state index in [1.807, 2.05) is 17.0 Å². The first-order valence-corrected chi connectivity index (χ1v) is 12.5. The number of hydrazine groups is 1. The van der Waals surface area contributed by atoms with Gasteiger partial charge in [-0.1, -0.05) is 31.2 Å². The van der Waals surface area contributed by atoms with E-state index >= 15 is 0 Å². The van der Waals surface area contributed by atoms with Crippen molar-refractivity contribution in [1.29, 1.82) is 0 Å². The maximum absolute atomic E-state index is 12.1. The summed E-state index contributed by atoms with van der Waals surface area (Å²) in [5.74, 6) is 1.12. The minimum atomic E-state index is -0.323. The first-order valence-electron chi connectivity index (χ1n) is 9.82. The Kier molecular flexibility index (Phi) is 6.55. The van der Waals surface area contributed by atoms with Crippen LogP contribution in [0.25, 0.3) is 10.7 Å². The van der Waals surface area contributed by atoms with Gasteiger partial charge in [-0.25, -0.2) is 0 Å². The van der Waals surface area contributed by atoms with Crippen LogP contribution in [0, 0.1) is 5.92 Å². The quantitative estimate of drug-likeness (QED) is 0.432. The Bertz CT molecular complexity index is 1040. The van der Waals surface area contributed by atoms with E-state index in [-0.39, 0.29) is 17.6 Å². The molecular weight excluding hydrogens is 438 g/mol. The number of nitrogens with zero attached hydrogens (tertiary/aromatic N) is 3. The summed E-state index contributed by atoms with van der Waals surface area (Å²) in [6.07, 6.45) is 4.79. The van der Waals surface area contributed by atoms with Crippen LogP contribution in [0.15, 0.2) is 28.7 Å². The highest BCUT2D eigenvalue weighted by Crippen LogP contribution is 2.37. The van der Waals surface area contributed by atoms with Crippen LogP contribution in [0.1, 0.15) is 39.9 Å². The van der Waals surface area contributed by atoms with Crippen molar-refractivity contribution in [2.75, 3.05) is 5.75 Å². The monoisotopic (exact) mass is 461 g/mol. The molecule has 0 radical (unpaired) electrons. The normalized spacial score (nSPS) is 15.6. The van der Waals surface area contributed by atoms with Crippen molar-refractivity contribution < 1.29 is 9.59 Å². The zero-order chi connectivity index (χ0) is 21.1. The Balaban J connectivity index is 1.34. The van der Waals surface area contributed by atoms with Crippen molar-refractivity contribution in [3.63, 3.8) is 0 Å². The van der Waals surface area contributed by atoms with Crippen LogP contribution in [0.2, 0.25) is 0 Å². The molecule has 0 aromatic carbocycles. The van der Waals surface area contributed by atoms with Gasteiger partial charge in [-0.2, -0.15) is 0 Å². The predicted molar refractivity (Wildman–Crippen MR) is 121 cm³/mol. The van der Waals surface area contributed by atoms with E-state index in [9.17, 15) is 9.59 Å². The van der Waals surface area contributed by atoms with Crippen LogP contribution >= 0.6 is 34.4 Å². The van der Waals surface area contributed by atoms with Crippen molar-refractivity contribution in [3.8, 4) is 10.7 Å². The summed E-state index contributed by atoms with van der Waals surface area (Å²) >= 11 is 4.41. The summed E-state index contributed by atoms with van der Waals surface area (Å²) in [7, 11) is 1.92. The average Bonchev–Trinajstić information content (AvgIpc) is 3.49. The smallest absolute Gasteiger partial charge is 0.279 e. The Morgan fingerprint density at radius 3 is 2.97 bits per heavy atom. The highest BCUT2D eigenvalue weighted by Gasteiger charge is 2.22. The molecule has 1 atom stereocenters. The summed E-state index contributed by atoms with van der Waals surface area (Å²) in [5.41, 5.74) is 6.30. The van der Waals surface area contributed by atoms with Crippen LogP contribution < -0.4 is 10.9 Å². The van der Waals surface area contributed by atoms with Crippen molar-refractivity contribution in [1.82, 2.24) is 25.6 Å². The van der Waals surface area contributed by atoms with Gasteiger partial charge in [0.25, 0.3) is 5.91 Å².